The van der Waals surface area contributed by atoms with Crippen molar-refractivity contribution in [3.63, 3.8) is 0 Å². The maximum absolute atomic E-state index is 10.7. The molecule has 16 heavy (non-hydrogen) atoms. The fourth-order valence-corrected chi connectivity index (χ4v) is 1.35. The molecule has 0 aliphatic heterocycles. The van der Waals surface area contributed by atoms with Crippen molar-refractivity contribution in [2.75, 3.05) is 6.61 Å². The predicted octanol–water partition coefficient (Wildman–Crippen LogP) is 4.02. The van der Waals surface area contributed by atoms with E-state index in [1.54, 1.807) is 0 Å². The summed E-state index contributed by atoms with van der Waals surface area (Å²) in [6, 6.07) is 0. The zero-order valence-electron chi connectivity index (χ0n) is 10.4. The van der Waals surface area contributed by atoms with Crippen molar-refractivity contribution in [2.24, 2.45) is 0 Å². The molecule has 0 saturated heterocycles. The monoisotopic (exact) mass is 224 g/mol. The second-order valence-corrected chi connectivity index (χ2v) is 3.83. The van der Waals surface area contributed by atoms with Crippen molar-refractivity contribution in [1.82, 2.24) is 0 Å². The molecule has 0 radical (unpaired) electrons. The zero-order chi connectivity index (χ0) is 12.1. The van der Waals surface area contributed by atoms with Crippen LogP contribution in [0.2, 0.25) is 0 Å². The molecule has 0 saturated carbocycles. The first-order chi connectivity index (χ1) is 7.81. The fourth-order valence-electron chi connectivity index (χ4n) is 1.35. The Labute approximate surface area is 99.4 Å². The Kier molecular flexibility index (Phi) is 11.2. The minimum Gasteiger partial charge on any atom is -0.463 e. The van der Waals surface area contributed by atoms with Gasteiger partial charge in [-0.1, -0.05) is 44.9 Å². The number of allylic oxidation sites excluding steroid dienone is 2. The molecule has 0 unspecified atom stereocenters. The molecule has 0 aliphatic rings. The number of carbonyl (C=O) groups is 1. The number of hydrogen-bond donors (Lipinski definition) is 0. The summed E-state index contributed by atoms with van der Waals surface area (Å²) in [5.41, 5.74) is 0. The molecule has 0 bridgehead atoms. The molecule has 0 heterocycles. The van der Waals surface area contributed by atoms with Gasteiger partial charge in [0.2, 0.25) is 0 Å². The summed E-state index contributed by atoms with van der Waals surface area (Å²) in [4.78, 5) is 10.7. The summed E-state index contributed by atoms with van der Waals surface area (Å²) >= 11 is 0. The van der Waals surface area contributed by atoms with Gasteiger partial charge >= 0.3 is 5.97 Å². The van der Waals surface area contributed by atoms with Gasteiger partial charge in [-0.3, -0.25) is 0 Å². The Bertz CT molecular complexity index is 207. The standard InChI is InChI=1S/C14H24O2/c1-3-5-6-7-8-9-10-11-12-13-16-14(15)4-2/h4,6-7H,2-3,5,8-13H2,1H3/b7-6+. The van der Waals surface area contributed by atoms with E-state index in [4.69, 9.17) is 4.74 Å². The Hall–Kier alpha value is -1.05. The quantitative estimate of drug-likeness (QED) is 0.242. The zero-order valence-corrected chi connectivity index (χ0v) is 10.4. The lowest BCUT2D eigenvalue weighted by Crippen LogP contribution is -2.01. The number of ether oxygens (including phenoxy) is 1. The third kappa shape index (κ3) is 11.0. The topological polar surface area (TPSA) is 26.3 Å². The largest absolute Gasteiger partial charge is 0.463 e. The van der Waals surface area contributed by atoms with E-state index in [-0.39, 0.29) is 5.97 Å². The Morgan fingerprint density at radius 2 is 1.81 bits per heavy atom. The van der Waals surface area contributed by atoms with Crippen molar-refractivity contribution in [1.29, 1.82) is 0 Å². The van der Waals surface area contributed by atoms with E-state index >= 15 is 0 Å². The van der Waals surface area contributed by atoms with Crippen LogP contribution in [0.15, 0.2) is 24.8 Å². The van der Waals surface area contributed by atoms with Crippen LogP contribution >= 0.6 is 0 Å². The van der Waals surface area contributed by atoms with Crippen molar-refractivity contribution in [3.05, 3.63) is 24.8 Å². The van der Waals surface area contributed by atoms with Crippen LogP contribution < -0.4 is 0 Å². The molecule has 0 rings (SSSR count). The van der Waals surface area contributed by atoms with E-state index in [9.17, 15) is 4.79 Å². The van der Waals surface area contributed by atoms with Gasteiger partial charge in [-0.2, -0.15) is 0 Å². The third-order valence-electron chi connectivity index (χ3n) is 2.30. The summed E-state index contributed by atoms with van der Waals surface area (Å²) in [7, 11) is 0. The highest BCUT2D eigenvalue weighted by molar-refractivity contribution is 5.81. The fraction of sp³-hybridized carbons (Fsp3) is 0.643. The molecular weight excluding hydrogens is 200 g/mol. The smallest absolute Gasteiger partial charge is 0.330 e. The molecule has 0 N–H and O–H groups in total. The predicted molar refractivity (Wildman–Crippen MR) is 68.3 cm³/mol. The van der Waals surface area contributed by atoms with E-state index in [1.807, 2.05) is 0 Å². The summed E-state index contributed by atoms with van der Waals surface area (Å²) in [6.07, 6.45) is 13.8. The van der Waals surface area contributed by atoms with Gasteiger partial charge in [-0.25, -0.2) is 4.79 Å². The molecule has 0 atom stereocenters. The minimum atomic E-state index is -0.317. The highest BCUT2D eigenvalue weighted by atomic mass is 16.5. The van der Waals surface area contributed by atoms with Gasteiger partial charge in [-0.15, -0.1) is 0 Å². The number of carbonyl (C=O) groups excluding carboxylic acids is 1. The Balaban J connectivity index is 3.09. The van der Waals surface area contributed by atoms with E-state index in [2.05, 4.69) is 25.7 Å². The molecule has 2 nitrogen and oxygen atoms in total. The average Bonchev–Trinajstić information content (AvgIpc) is 2.31. The van der Waals surface area contributed by atoms with E-state index in [0.717, 1.165) is 12.8 Å². The molecule has 0 spiro atoms. The van der Waals surface area contributed by atoms with Crippen LogP contribution in [0.5, 0.6) is 0 Å². The van der Waals surface area contributed by atoms with Crippen LogP contribution in [-0.2, 0) is 9.53 Å². The lowest BCUT2D eigenvalue weighted by atomic mass is 10.1. The van der Waals surface area contributed by atoms with Gasteiger partial charge < -0.3 is 4.74 Å². The van der Waals surface area contributed by atoms with E-state index in [0.29, 0.717) is 6.61 Å². The molecule has 0 aromatic carbocycles. The van der Waals surface area contributed by atoms with Crippen LogP contribution in [0.25, 0.3) is 0 Å². The number of unbranched alkanes of at least 4 members (excludes halogenated alkanes) is 5. The van der Waals surface area contributed by atoms with Crippen LogP contribution in [0.3, 0.4) is 0 Å². The highest BCUT2D eigenvalue weighted by Gasteiger charge is 1.94. The first kappa shape index (κ1) is 14.9. The first-order valence-corrected chi connectivity index (χ1v) is 6.25. The van der Waals surface area contributed by atoms with Crippen molar-refractivity contribution >= 4 is 5.97 Å². The number of esters is 1. The molecular formula is C14H24O2. The summed E-state index contributed by atoms with van der Waals surface area (Å²) in [5.74, 6) is -0.317. The molecule has 0 amide bonds. The van der Waals surface area contributed by atoms with Gasteiger partial charge in [0.1, 0.15) is 0 Å². The lowest BCUT2D eigenvalue weighted by Gasteiger charge is -2.01. The van der Waals surface area contributed by atoms with Crippen molar-refractivity contribution in [2.45, 2.75) is 51.9 Å². The van der Waals surface area contributed by atoms with Crippen molar-refractivity contribution in [3.8, 4) is 0 Å². The Morgan fingerprint density at radius 3 is 2.50 bits per heavy atom. The van der Waals surface area contributed by atoms with Crippen LogP contribution in [0.4, 0.5) is 0 Å². The van der Waals surface area contributed by atoms with Crippen LogP contribution in [0, 0.1) is 0 Å². The summed E-state index contributed by atoms with van der Waals surface area (Å²) < 4.78 is 4.88. The summed E-state index contributed by atoms with van der Waals surface area (Å²) in [5, 5.41) is 0. The molecule has 92 valence electrons. The third-order valence-corrected chi connectivity index (χ3v) is 2.30. The Morgan fingerprint density at radius 1 is 1.12 bits per heavy atom. The van der Waals surface area contributed by atoms with Gasteiger partial charge in [0.25, 0.3) is 0 Å². The SMILES string of the molecule is C=CC(=O)OCCCCCC/C=C/CCC. The van der Waals surface area contributed by atoms with Crippen LogP contribution in [-0.4, -0.2) is 12.6 Å². The van der Waals surface area contributed by atoms with Crippen LogP contribution in [0.1, 0.15) is 51.9 Å². The molecule has 0 aromatic heterocycles. The molecule has 0 aliphatic carbocycles. The van der Waals surface area contributed by atoms with Crippen molar-refractivity contribution < 1.29 is 9.53 Å². The summed E-state index contributed by atoms with van der Waals surface area (Å²) in [6.45, 7) is 6.06. The minimum absolute atomic E-state index is 0.317. The first-order valence-electron chi connectivity index (χ1n) is 6.25. The van der Waals surface area contributed by atoms with Gasteiger partial charge in [0.05, 0.1) is 6.61 Å². The van der Waals surface area contributed by atoms with E-state index in [1.165, 1.54) is 38.2 Å². The average molecular weight is 224 g/mol. The van der Waals surface area contributed by atoms with E-state index < -0.39 is 0 Å². The second-order valence-electron chi connectivity index (χ2n) is 3.83. The number of hydrogen-bond acceptors (Lipinski definition) is 2. The van der Waals surface area contributed by atoms with Gasteiger partial charge in [-0.05, 0) is 25.7 Å². The molecule has 2 heteroatoms. The maximum atomic E-state index is 10.7. The second kappa shape index (κ2) is 12.0. The number of rotatable bonds is 10. The lowest BCUT2D eigenvalue weighted by molar-refractivity contribution is -0.137. The van der Waals surface area contributed by atoms with Gasteiger partial charge in [0.15, 0.2) is 0 Å². The van der Waals surface area contributed by atoms with Gasteiger partial charge in [0, 0.05) is 6.08 Å². The maximum Gasteiger partial charge on any atom is 0.330 e. The molecule has 0 aromatic rings. The molecule has 0 fully saturated rings. The highest BCUT2D eigenvalue weighted by Crippen LogP contribution is 2.04. The normalized spacial score (nSPS) is 10.6.